The van der Waals surface area contributed by atoms with Crippen molar-refractivity contribution < 1.29 is 14.2 Å². The number of nitrogens with zero attached hydrogens (tertiary/aromatic N) is 2. The number of aromatic amines is 1. The summed E-state index contributed by atoms with van der Waals surface area (Å²) in [5, 5.41) is 15.3. The summed E-state index contributed by atoms with van der Waals surface area (Å²) in [4.78, 5) is 14.4. The van der Waals surface area contributed by atoms with E-state index in [2.05, 4.69) is 10.1 Å². The molecule has 4 rings (SSSR count). The Morgan fingerprint density at radius 2 is 1.93 bits per heavy atom. The molecule has 2 aromatic heterocycles. The van der Waals surface area contributed by atoms with Crippen LogP contribution in [0.1, 0.15) is 44.7 Å². The Morgan fingerprint density at radius 1 is 1.30 bits per heavy atom. The molecule has 1 aliphatic carbocycles. The second kappa shape index (κ2) is 7.92. The number of fused-ring (bicyclic) bond motifs is 1. The van der Waals surface area contributed by atoms with Gasteiger partial charge in [0.05, 0.1) is 22.9 Å². The van der Waals surface area contributed by atoms with Gasteiger partial charge in [-0.3, -0.25) is 4.79 Å². The Labute approximate surface area is 156 Å². The maximum atomic E-state index is 13.1. The van der Waals surface area contributed by atoms with Gasteiger partial charge >= 0.3 is 0 Å². The van der Waals surface area contributed by atoms with Gasteiger partial charge in [-0.15, -0.1) is 0 Å². The zero-order valence-electron chi connectivity index (χ0n) is 15.7. The molecule has 0 amide bonds. The van der Waals surface area contributed by atoms with Crippen molar-refractivity contribution in [1.29, 1.82) is 0 Å². The molecule has 144 valence electrons. The van der Waals surface area contributed by atoms with Crippen LogP contribution in [0.5, 0.6) is 5.75 Å². The van der Waals surface area contributed by atoms with Gasteiger partial charge < -0.3 is 14.8 Å². The first-order chi connectivity index (χ1) is 12.9. The quantitative estimate of drug-likeness (QED) is 0.730. The Balaban J connectivity index is 0.000000376. The molecule has 0 bridgehead atoms. The number of benzene rings is 1. The number of pyridine rings is 1. The third-order valence-corrected chi connectivity index (χ3v) is 4.71. The molecule has 3 aromatic rings. The van der Waals surface area contributed by atoms with E-state index in [9.17, 15) is 14.3 Å². The summed E-state index contributed by atoms with van der Waals surface area (Å²) in [6, 6.07) is 7.03. The molecule has 2 N–H and O–H groups in total. The van der Waals surface area contributed by atoms with E-state index in [1.165, 1.54) is 18.2 Å². The van der Waals surface area contributed by atoms with Crippen molar-refractivity contribution >= 4 is 11.0 Å². The highest BCUT2D eigenvalue weighted by molar-refractivity contribution is 5.86. The molecule has 0 aliphatic heterocycles. The zero-order valence-corrected chi connectivity index (χ0v) is 15.7. The SMILES string of the molecule is COC(C)C.O=c1cc(O)c2c(C3CCC3)nn(-c3ccc(F)cc3)c2[nH]1. The minimum absolute atomic E-state index is 0.0611. The maximum absolute atomic E-state index is 13.1. The van der Waals surface area contributed by atoms with E-state index >= 15 is 0 Å². The Morgan fingerprint density at radius 3 is 2.44 bits per heavy atom. The first-order valence-corrected chi connectivity index (χ1v) is 9.04. The van der Waals surface area contributed by atoms with Crippen molar-refractivity contribution in [3.8, 4) is 11.4 Å². The topological polar surface area (TPSA) is 80.1 Å². The third kappa shape index (κ3) is 4.03. The van der Waals surface area contributed by atoms with Crippen LogP contribution in [-0.4, -0.2) is 33.1 Å². The van der Waals surface area contributed by atoms with Crippen LogP contribution in [0.2, 0.25) is 0 Å². The molecule has 1 fully saturated rings. The lowest BCUT2D eigenvalue weighted by molar-refractivity contribution is 0.134. The first-order valence-electron chi connectivity index (χ1n) is 9.04. The van der Waals surface area contributed by atoms with Gasteiger partial charge in [-0.2, -0.15) is 5.10 Å². The molecule has 0 radical (unpaired) electrons. The van der Waals surface area contributed by atoms with Crippen molar-refractivity contribution in [2.45, 2.75) is 45.1 Å². The highest BCUT2D eigenvalue weighted by Gasteiger charge is 2.27. The number of halogens is 1. The fourth-order valence-corrected chi connectivity index (χ4v) is 2.89. The normalized spacial score (nSPS) is 14.1. The first kappa shape index (κ1) is 19.1. The summed E-state index contributed by atoms with van der Waals surface area (Å²) in [5.41, 5.74) is 1.48. The number of ether oxygens (including phenoxy) is 1. The average molecular weight is 373 g/mol. The van der Waals surface area contributed by atoms with Crippen LogP contribution in [0.15, 0.2) is 35.1 Å². The van der Waals surface area contributed by atoms with Crippen molar-refractivity contribution in [2.24, 2.45) is 0 Å². The summed E-state index contributed by atoms with van der Waals surface area (Å²) in [6.07, 6.45) is 3.57. The Bertz CT molecular complexity index is 973. The molecule has 0 saturated heterocycles. The lowest BCUT2D eigenvalue weighted by atomic mass is 9.82. The predicted molar refractivity (Wildman–Crippen MR) is 102 cm³/mol. The Kier molecular flexibility index (Phi) is 5.60. The lowest BCUT2D eigenvalue weighted by Crippen LogP contribution is -2.10. The number of rotatable bonds is 3. The van der Waals surface area contributed by atoms with Gasteiger partial charge in [0.2, 0.25) is 0 Å². The molecular formula is C20H24FN3O3. The number of hydrogen-bond donors (Lipinski definition) is 2. The summed E-state index contributed by atoms with van der Waals surface area (Å²) < 4.78 is 19.4. The fourth-order valence-electron chi connectivity index (χ4n) is 2.89. The van der Waals surface area contributed by atoms with Gasteiger partial charge in [0.15, 0.2) is 0 Å². The molecule has 2 heterocycles. The molecule has 1 saturated carbocycles. The summed E-state index contributed by atoms with van der Waals surface area (Å²) in [6.45, 7) is 4.00. The zero-order chi connectivity index (χ0) is 19.6. The van der Waals surface area contributed by atoms with Crippen molar-refractivity contribution in [3.63, 3.8) is 0 Å². The number of aromatic hydroxyl groups is 1. The third-order valence-electron chi connectivity index (χ3n) is 4.71. The van der Waals surface area contributed by atoms with Crippen LogP contribution in [0.3, 0.4) is 0 Å². The van der Waals surface area contributed by atoms with E-state index in [4.69, 9.17) is 4.74 Å². The number of hydrogen-bond acceptors (Lipinski definition) is 4. The van der Waals surface area contributed by atoms with Gasteiger partial charge in [0, 0.05) is 19.1 Å². The number of methoxy groups -OCH3 is 1. The molecule has 6 nitrogen and oxygen atoms in total. The summed E-state index contributed by atoms with van der Waals surface area (Å²) >= 11 is 0. The van der Waals surface area contributed by atoms with Crippen LogP contribution >= 0.6 is 0 Å². The fraction of sp³-hybridized carbons (Fsp3) is 0.400. The van der Waals surface area contributed by atoms with Crippen LogP contribution in [0.4, 0.5) is 4.39 Å². The maximum Gasteiger partial charge on any atom is 0.253 e. The monoisotopic (exact) mass is 373 g/mol. The van der Waals surface area contributed by atoms with E-state index in [1.807, 2.05) is 13.8 Å². The standard InChI is InChI=1S/C16H14FN3O2.C4H10O/c17-10-4-6-11(7-5-10)20-16-14(12(21)8-13(22)18-16)15(19-20)9-2-1-3-9;1-4(2)5-3/h4-9H,1-3H2,(H2,18,21,22);4H,1-3H3. The van der Waals surface area contributed by atoms with E-state index in [1.54, 1.807) is 23.9 Å². The van der Waals surface area contributed by atoms with E-state index in [0.29, 0.717) is 28.7 Å². The van der Waals surface area contributed by atoms with E-state index < -0.39 is 5.56 Å². The van der Waals surface area contributed by atoms with Crippen LogP contribution in [0.25, 0.3) is 16.7 Å². The highest BCUT2D eigenvalue weighted by Crippen LogP contribution is 2.41. The van der Waals surface area contributed by atoms with Crippen molar-refractivity contribution in [3.05, 3.63) is 52.2 Å². The predicted octanol–water partition coefficient (Wildman–Crippen LogP) is 3.87. The van der Waals surface area contributed by atoms with E-state index in [0.717, 1.165) is 25.0 Å². The van der Waals surface area contributed by atoms with Crippen LogP contribution in [0, 0.1) is 5.82 Å². The molecule has 0 atom stereocenters. The molecule has 27 heavy (non-hydrogen) atoms. The summed E-state index contributed by atoms with van der Waals surface area (Å²) in [7, 11) is 1.70. The molecule has 0 spiro atoms. The lowest BCUT2D eigenvalue weighted by Gasteiger charge is -2.23. The summed E-state index contributed by atoms with van der Waals surface area (Å²) in [5.74, 6) is -0.106. The Hall–Kier alpha value is -2.67. The smallest absolute Gasteiger partial charge is 0.253 e. The van der Waals surface area contributed by atoms with Gasteiger partial charge in [-0.25, -0.2) is 9.07 Å². The molecule has 0 unspecified atom stereocenters. The van der Waals surface area contributed by atoms with Gasteiger partial charge in [0.25, 0.3) is 5.56 Å². The van der Waals surface area contributed by atoms with Crippen LogP contribution < -0.4 is 5.56 Å². The van der Waals surface area contributed by atoms with Crippen LogP contribution in [-0.2, 0) is 4.74 Å². The van der Waals surface area contributed by atoms with Gasteiger partial charge in [0.1, 0.15) is 17.2 Å². The second-order valence-corrected chi connectivity index (χ2v) is 6.93. The minimum atomic E-state index is -0.395. The van der Waals surface area contributed by atoms with Gasteiger partial charge in [-0.05, 0) is 51.0 Å². The molecule has 1 aliphatic rings. The largest absolute Gasteiger partial charge is 0.507 e. The van der Waals surface area contributed by atoms with Crippen molar-refractivity contribution in [2.75, 3.05) is 7.11 Å². The number of nitrogens with one attached hydrogen (secondary N) is 1. The van der Waals surface area contributed by atoms with Gasteiger partial charge in [-0.1, -0.05) is 6.42 Å². The van der Waals surface area contributed by atoms with Crippen molar-refractivity contribution in [1.82, 2.24) is 14.8 Å². The molecule has 1 aromatic carbocycles. The number of aromatic nitrogens is 3. The molecular weight excluding hydrogens is 349 g/mol. The second-order valence-electron chi connectivity index (χ2n) is 6.93. The molecule has 7 heteroatoms. The highest BCUT2D eigenvalue weighted by atomic mass is 19.1. The van der Waals surface area contributed by atoms with E-state index in [-0.39, 0.29) is 11.6 Å². The number of H-pyrrole nitrogens is 1. The minimum Gasteiger partial charge on any atom is -0.507 e. The average Bonchev–Trinajstić information content (AvgIpc) is 2.93.